The van der Waals surface area contributed by atoms with E-state index in [2.05, 4.69) is 47.2 Å². The van der Waals surface area contributed by atoms with E-state index in [1.807, 2.05) is 6.20 Å². The van der Waals surface area contributed by atoms with Crippen molar-refractivity contribution in [2.24, 2.45) is 5.41 Å². The number of rotatable bonds is 10. The summed E-state index contributed by atoms with van der Waals surface area (Å²) in [5.41, 5.74) is 2.00. The van der Waals surface area contributed by atoms with Gasteiger partial charge in [0.25, 0.3) is 5.91 Å². The Hall–Kier alpha value is -3.70. The van der Waals surface area contributed by atoms with Crippen molar-refractivity contribution in [2.75, 3.05) is 6.54 Å². The topological polar surface area (TPSA) is 92.7 Å². The van der Waals surface area contributed by atoms with Gasteiger partial charge in [0.1, 0.15) is 17.2 Å². The number of para-hydroxylation sites is 1. The number of aliphatic hydroxyl groups is 1. The quantitative estimate of drug-likeness (QED) is 0.224. The fourth-order valence-electron chi connectivity index (χ4n) is 6.02. The van der Waals surface area contributed by atoms with E-state index >= 15 is 0 Å². The molecule has 2 aromatic carbocycles. The van der Waals surface area contributed by atoms with Gasteiger partial charge in [-0.1, -0.05) is 45.0 Å². The van der Waals surface area contributed by atoms with Crippen molar-refractivity contribution in [1.29, 1.82) is 0 Å². The first-order valence-electron chi connectivity index (χ1n) is 15.2. The van der Waals surface area contributed by atoms with Gasteiger partial charge in [0, 0.05) is 30.8 Å². The summed E-state index contributed by atoms with van der Waals surface area (Å²) in [5.74, 6) is -1.37. The lowest BCUT2D eigenvalue weighted by atomic mass is 9.73. The molecule has 1 spiro atoms. The van der Waals surface area contributed by atoms with Gasteiger partial charge in [-0.2, -0.15) is 0 Å². The summed E-state index contributed by atoms with van der Waals surface area (Å²) in [6.45, 7) is 6.52. The molecule has 1 aliphatic heterocycles. The number of carbonyl (C=O) groups excluding carboxylic acids is 1. The Bertz CT molecular complexity index is 1490. The predicted molar refractivity (Wildman–Crippen MR) is 160 cm³/mol. The molecule has 3 aromatic rings. The third-order valence-corrected chi connectivity index (χ3v) is 8.28. The van der Waals surface area contributed by atoms with Crippen LogP contribution in [0.25, 0.3) is 0 Å². The molecule has 1 amide bonds. The molecule has 11 heteroatoms. The van der Waals surface area contributed by atoms with Crippen LogP contribution >= 0.6 is 0 Å². The molecule has 2 heterocycles. The normalized spacial score (nSPS) is 18.7. The van der Waals surface area contributed by atoms with Crippen molar-refractivity contribution in [1.82, 2.24) is 15.6 Å². The van der Waals surface area contributed by atoms with E-state index in [1.54, 1.807) is 0 Å². The number of alkyl halides is 3. The molecule has 3 atom stereocenters. The Morgan fingerprint density at radius 2 is 1.82 bits per heavy atom. The van der Waals surface area contributed by atoms with Gasteiger partial charge in [-0.3, -0.25) is 4.79 Å². The average molecular weight is 630 g/mol. The highest BCUT2D eigenvalue weighted by Crippen LogP contribution is 2.48. The number of amides is 1. The zero-order valence-electron chi connectivity index (χ0n) is 25.6. The number of aromatic nitrogens is 1. The molecule has 0 radical (unpaired) electrons. The number of pyridine rings is 1. The third-order valence-electron chi connectivity index (χ3n) is 8.28. The largest absolute Gasteiger partial charge is 0.573 e. The van der Waals surface area contributed by atoms with Crippen molar-refractivity contribution in [3.63, 3.8) is 0 Å². The minimum absolute atomic E-state index is 0.0509. The molecule has 0 bridgehead atoms. The number of hydrogen-bond acceptors (Lipinski definition) is 6. The van der Waals surface area contributed by atoms with Crippen molar-refractivity contribution in [3.05, 3.63) is 88.9 Å². The highest BCUT2D eigenvalue weighted by atomic mass is 19.4. The minimum atomic E-state index is -4.99. The molecule has 242 valence electrons. The summed E-state index contributed by atoms with van der Waals surface area (Å²) >= 11 is 0. The molecule has 5 rings (SSSR count). The van der Waals surface area contributed by atoms with E-state index < -0.39 is 36.0 Å². The van der Waals surface area contributed by atoms with E-state index in [0.717, 1.165) is 42.9 Å². The van der Waals surface area contributed by atoms with Crippen LogP contribution in [0.4, 0.5) is 17.6 Å². The highest BCUT2D eigenvalue weighted by molar-refractivity contribution is 5.97. The average Bonchev–Trinajstić information content (AvgIpc) is 2.94. The van der Waals surface area contributed by atoms with Crippen LogP contribution in [0.15, 0.2) is 60.8 Å². The van der Waals surface area contributed by atoms with E-state index in [4.69, 9.17) is 4.74 Å². The molecule has 7 nitrogen and oxygen atoms in total. The molecular formula is C34H39F4N3O4. The fourth-order valence-corrected chi connectivity index (χ4v) is 6.02. The number of carbonyl (C=O) groups is 1. The minimum Gasteiger partial charge on any atom is -0.471 e. The second kappa shape index (κ2) is 13.0. The fraction of sp³-hybridized carbons (Fsp3) is 0.471. The van der Waals surface area contributed by atoms with Gasteiger partial charge in [-0.15, -0.1) is 13.2 Å². The lowest BCUT2D eigenvalue weighted by Gasteiger charge is -2.47. The maximum Gasteiger partial charge on any atom is 0.573 e. The van der Waals surface area contributed by atoms with Crippen molar-refractivity contribution in [2.45, 2.75) is 89.4 Å². The molecule has 1 aliphatic carbocycles. The number of fused-ring (bicyclic) bond motifs is 1. The number of aliphatic hydroxyl groups excluding tert-OH is 1. The first-order chi connectivity index (χ1) is 21.2. The summed E-state index contributed by atoms with van der Waals surface area (Å²) in [5, 5.41) is 17.6. The van der Waals surface area contributed by atoms with E-state index in [-0.39, 0.29) is 35.6 Å². The molecule has 1 fully saturated rings. The number of benzene rings is 2. The number of nitrogens with zero attached hydrogens (tertiary/aromatic N) is 1. The molecule has 3 N–H and O–H groups in total. The van der Waals surface area contributed by atoms with Crippen molar-refractivity contribution >= 4 is 5.91 Å². The van der Waals surface area contributed by atoms with Crippen molar-refractivity contribution < 1.29 is 36.9 Å². The second-order valence-corrected chi connectivity index (χ2v) is 13.3. The summed E-state index contributed by atoms with van der Waals surface area (Å²) in [6.07, 6.45) is 0.158. The lowest BCUT2D eigenvalue weighted by molar-refractivity contribution is -0.274. The summed E-state index contributed by atoms with van der Waals surface area (Å²) in [6, 6.07) is 11.6. The van der Waals surface area contributed by atoms with E-state index in [9.17, 15) is 27.5 Å². The summed E-state index contributed by atoms with van der Waals surface area (Å²) < 4.78 is 63.1. The second-order valence-electron chi connectivity index (χ2n) is 13.3. The van der Waals surface area contributed by atoms with Crippen LogP contribution in [-0.4, -0.2) is 46.7 Å². The molecule has 1 saturated carbocycles. The van der Waals surface area contributed by atoms with Crippen LogP contribution in [0.3, 0.4) is 0 Å². The van der Waals surface area contributed by atoms with Crippen LogP contribution in [0.5, 0.6) is 11.6 Å². The number of hydrogen-bond donors (Lipinski definition) is 3. The van der Waals surface area contributed by atoms with Crippen LogP contribution in [-0.2, 0) is 12.8 Å². The molecule has 0 saturated heterocycles. The number of halogens is 4. The zero-order chi connectivity index (χ0) is 32.4. The standard InChI is InChI=1S/C34H39F4N3O4/c1-32(2,3)17-22-15-25-27(18-33(13-6-14-33)45-31(25)40-19-22)39-20-28(42)26(16-21-9-11-23(35)12-10-21)41-30(43)24-7-4-5-8-29(24)44-34(36,37)38/h4-5,7-12,15,19,26-28,39,42H,6,13-14,16-18,20H2,1-3H3,(H,41,43)/t26-,27-,28+/m0/s1. The van der Waals surface area contributed by atoms with Crippen molar-refractivity contribution in [3.8, 4) is 11.6 Å². The molecule has 2 aliphatic rings. The number of nitrogens with one attached hydrogen (secondary N) is 2. The molecule has 45 heavy (non-hydrogen) atoms. The van der Waals surface area contributed by atoms with Crippen LogP contribution < -0.4 is 20.1 Å². The molecule has 0 unspecified atom stereocenters. The Balaban J connectivity index is 1.36. The summed E-state index contributed by atoms with van der Waals surface area (Å²) in [4.78, 5) is 17.9. The van der Waals surface area contributed by atoms with Crippen LogP contribution in [0, 0.1) is 11.2 Å². The highest BCUT2D eigenvalue weighted by Gasteiger charge is 2.46. The Labute approximate surface area is 260 Å². The van der Waals surface area contributed by atoms with Gasteiger partial charge >= 0.3 is 6.36 Å². The Morgan fingerprint density at radius 3 is 2.47 bits per heavy atom. The maximum atomic E-state index is 13.6. The predicted octanol–water partition coefficient (Wildman–Crippen LogP) is 6.45. The number of ether oxygens (including phenoxy) is 2. The lowest BCUT2D eigenvalue weighted by Crippen LogP contribution is -2.52. The van der Waals surface area contributed by atoms with E-state index in [1.165, 1.54) is 42.5 Å². The van der Waals surface area contributed by atoms with Gasteiger partial charge in [-0.25, -0.2) is 9.37 Å². The van der Waals surface area contributed by atoms with E-state index in [0.29, 0.717) is 17.9 Å². The van der Waals surface area contributed by atoms with Crippen LogP contribution in [0.1, 0.15) is 79.5 Å². The zero-order valence-corrected chi connectivity index (χ0v) is 25.6. The van der Waals surface area contributed by atoms with Gasteiger partial charge in [0.2, 0.25) is 5.88 Å². The van der Waals surface area contributed by atoms with Crippen LogP contribution in [0.2, 0.25) is 0 Å². The Morgan fingerprint density at radius 1 is 1.11 bits per heavy atom. The third kappa shape index (κ3) is 8.52. The monoisotopic (exact) mass is 629 g/mol. The first kappa shape index (κ1) is 32.7. The maximum absolute atomic E-state index is 13.6. The van der Waals surface area contributed by atoms with Gasteiger partial charge in [-0.05, 0) is 79.0 Å². The van der Waals surface area contributed by atoms with Gasteiger partial charge in [0.15, 0.2) is 0 Å². The van der Waals surface area contributed by atoms with Gasteiger partial charge in [0.05, 0.1) is 17.7 Å². The smallest absolute Gasteiger partial charge is 0.471 e. The van der Waals surface area contributed by atoms with Gasteiger partial charge < -0.3 is 25.2 Å². The molecule has 1 aromatic heterocycles. The molecular weight excluding hydrogens is 590 g/mol. The summed E-state index contributed by atoms with van der Waals surface area (Å²) in [7, 11) is 0. The SMILES string of the molecule is CC(C)(C)Cc1cnc2c(c1)[C@@H](NC[C@@H](O)[C@H](Cc1ccc(F)cc1)NC(=O)c1ccccc1OC(F)(F)F)CC1(CCC1)O2. The first-order valence-corrected chi connectivity index (χ1v) is 15.2. The Kier molecular flexibility index (Phi) is 9.41.